The Morgan fingerprint density at radius 3 is 2.42 bits per heavy atom. The molecular weight excluding hydrogens is 398 g/mol. The van der Waals surface area contributed by atoms with E-state index in [9.17, 15) is 0 Å². The number of hydrogen-bond donors (Lipinski definition) is 2. The Morgan fingerprint density at radius 1 is 0.935 bits per heavy atom. The summed E-state index contributed by atoms with van der Waals surface area (Å²) in [6, 6.07) is 11.5. The van der Waals surface area contributed by atoms with Crippen molar-refractivity contribution in [2.24, 2.45) is 5.10 Å². The summed E-state index contributed by atoms with van der Waals surface area (Å²) < 4.78 is 15.3. The van der Waals surface area contributed by atoms with Gasteiger partial charge >= 0.3 is 0 Å². The minimum atomic E-state index is 0.273. The highest BCUT2D eigenvalue weighted by molar-refractivity contribution is 5.83. The zero-order valence-electron chi connectivity index (χ0n) is 17.5. The minimum Gasteiger partial charge on any atom is -0.493 e. The second-order valence-corrected chi connectivity index (χ2v) is 6.69. The number of ether oxygens (including phenoxy) is 2. The lowest BCUT2D eigenvalue weighted by atomic mass is 10.1. The van der Waals surface area contributed by atoms with Crippen molar-refractivity contribution in [1.82, 2.24) is 20.3 Å². The summed E-state index contributed by atoms with van der Waals surface area (Å²) in [5.41, 5.74) is 7.45. The van der Waals surface area contributed by atoms with Crippen LogP contribution in [0.2, 0.25) is 0 Å². The van der Waals surface area contributed by atoms with E-state index < -0.39 is 0 Å². The van der Waals surface area contributed by atoms with Crippen LogP contribution in [0, 0.1) is 13.8 Å². The lowest BCUT2D eigenvalue weighted by molar-refractivity contribution is 0.314. The molecule has 10 nitrogen and oxygen atoms in total. The fourth-order valence-corrected chi connectivity index (χ4v) is 2.92. The van der Waals surface area contributed by atoms with Gasteiger partial charge in [-0.05, 0) is 65.1 Å². The highest BCUT2D eigenvalue weighted by Gasteiger charge is 2.14. The number of methoxy groups -OCH3 is 2. The van der Waals surface area contributed by atoms with Gasteiger partial charge in [-0.1, -0.05) is 12.1 Å². The number of nitrogens with zero attached hydrogens (tertiary/aromatic N) is 5. The summed E-state index contributed by atoms with van der Waals surface area (Å²) in [6.45, 7) is 4.08. The normalized spacial score (nSPS) is 11.1. The molecule has 0 spiro atoms. The van der Waals surface area contributed by atoms with Crippen LogP contribution in [0.3, 0.4) is 0 Å². The monoisotopic (exact) mass is 419 g/mol. The number of aromatic nitrogens is 4. The predicted molar refractivity (Wildman–Crippen MR) is 117 cm³/mol. The highest BCUT2D eigenvalue weighted by atomic mass is 16.6. The lowest BCUT2D eigenvalue weighted by Gasteiger charge is -2.12. The second kappa shape index (κ2) is 8.66. The summed E-state index contributed by atoms with van der Waals surface area (Å²) in [5, 5.41) is 15.1. The van der Waals surface area contributed by atoms with Crippen LogP contribution < -0.4 is 20.2 Å². The third-order valence-electron chi connectivity index (χ3n) is 4.76. The maximum Gasteiger partial charge on any atom is 0.245 e. The Kier molecular flexibility index (Phi) is 5.61. The average molecular weight is 419 g/mol. The van der Waals surface area contributed by atoms with Gasteiger partial charge in [-0.15, -0.1) is 0 Å². The van der Waals surface area contributed by atoms with Crippen molar-refractivity contribution in [1.29, 1.82) is 0 Å². The summed E-state index contributed by atoms with van der Waals surface area (Å²) in [4.78, 5) is 8.88. The number of benzene rings is 2. The molecule has 0 aliphatic carbocycles. The predicted octanol–water partition coefficient (Wildman–Crippen LogP) is 3.84. The van der Waals surface area contributed by atoms with Crippen LogP contribution in [-0.4, -0.2) is 40.7 Å². The van der Waals surface area contributed by atoms with E-state index in [0.29, 0.717) is 28.8 Å². The Hall–Kier alpha value is -4.21. The van der Waals surface area contributed by atoms with Crippen LogP contribution >= 0.6 is 0 Å². The van der Waals surface area contributed by atoms with Crippen molar-refractivity contribution >= 4 is 34.8 Å². The Bertz CT molecular complexity index is 1250. The molecule has 10 heteroatoms. The Morgan fingerprint density at radius 2 is 1.68 bits per heavy atom. The number of hydrogen-bond acceptors (Lipinski definition) is 10. The van der Waals surface area contributed by atoms with Crippen molar-refractivity contribution in [2.75, 3.05) is 25.0 Å². The summed E-state index contributed by atoms with van der Waals surface area (Å²) in [6.07, 6.45) is 1.64. The molecular formula is C21H21N7O3. The molecule has 0 bridgehead atoms. The standard InChI is InChI=1S/C21H21N7O3/c1-12-6-5-7-15(13(12)2)23-18-19(25-21-20(24-18)27-31-28-21)26-22-11-14-8-9-16(29-3)17(10-14)30-4/h5-11H,1-4H3,(H,23,24,27)(H,25,26,28)/b22-11+. The first-order valence-corrected chi connectivity index (χ1v) is 9.43. The molecule has 2 aromatic heterocycles. The van der Waals surface area contributed by atoms with Gasteiger partial charge in [-0.25, -0.2) is 9.61 Å². The van der Waals surface area contributed by atoms with Gasteiger partial charge < -0.3 is 14.8 Å². The van der Waals surface area contributed by atoms with Gasteiger partial charge in [-0.3, -0.25) is 5.43 Å². The molecule has 2 aromatic carbocycles. The van der Waals surface area contributed by atoms with Crippen LogP contribution in [0.5, 0.6) is 11.5 Å². The molecule has 0 aliphatic heterocycles. The quantitative estimate of drug-likeness (QED) is 0.340. The van der Waals surface area contributed by atoms with Crippen molar-refractivity contribution in [3.05, 3.63) is 53.1 Å². The molecule has 2 N–H and O–H groups in total. The molecule has 0 saturated heterocycles. The smallest absolute Gasteiger partial charge is 0.245 e. The summed E-state index contributed by atoms with van der Waals surface area (Å²) in [7, 11) is 3.17. The van der Waals surface area contributed by atoms with Crippen LogP contribution in [0.25, 0.3) is 11.3 Å². The topological polar surface area (TPSA) is 120 Å². The fraction of sp³-hybridized carbons (Fsp3) is 0.190. The second-order valence-electron chi connectivity index (χ2n) is 6.69. The van der Waals surface area contributed by atoms with E-state index >= 15 is 0 Å². The highest BCUT2D eigenvalue weighted by Crippen LogP contribution is 2.28. The van der Waals surface area contributed by atoms with E-state index in [2.05, 4.69) is 36.1 Å². The van der Waals surface area contributed by atoms with E-state index in [1.54, 1.807) is 26.5 Å². The van der Waals surface area contributed by atoms with Crippen molar-refractivity contribution in [2.45, 2.75) is 13.8 Å². The molecule has 31 heavy (non-hydrogen) atoms. The van der Waals surface area contributed by atoms with E-state index in [1.165, 1.54) is 0 Å². The van der Waals surface area contributed by atoms with E-state index in [4.69, 9.17) is 14.1 Å². The van der Waals surface area contributed by atoms with Crippen LogP contribution in [-0.2, 0) is 0 Å². The SMILES string of the molecule is COc1ccc(/C=N/Nc2nc3nonc3nc2Nc2cccc(C)c2C)cc1OC. The molecule has 158 valence electrons. The average Bonchev–Trinajstić information content (AvgIpc) is 3.24. The molecule has 2 heterocycles. The number of aryl methyl sites for hydroxylation is 1. The van der Waals surface area contributed by atoms with Gasteiger partial charge in [0.15, 0.2) is 23.1 Å². The van der Waals surface area contributed by atoms with Crippen LogP contribution in [0.1, 0.15) is 16.7 Å². The molecule has 0 amide bonds. The first kappa shape index (κ1) is 20.1. The molecule has 0 fully saturated rings. The van der Waals surface area contributed by atoms with Gasteiger partial charge in [0.2, 0.25) is 11.3 Å². The van der Waals surface area contributed by atoms with E-state index in [1.807, 2.05) is 44.2 Å². The van der Waals surface area contributed by atoms with E-state index in [-0.39, 0.29) is 5.65 Å². The molecule has 4 rings (SSSR count). The lowest BCUT2D eigenvalue weighted by Crippen LogP contribution is -2.04. The largest absolute Gasteiger partial charge is 0.493 e. The van der Waals surface area contributed by atoms with Crippen molar-refractivity contribution in [3.8, 4) is 11.5 Å². The fourth-order valence-electron chi connectivity index (χ4n) is 2.92. The van der Waals surface area contributed by atoms with Crippen molar-refractivity contribution in [3.63, 3.8) is 0 Å². The molecule has 0 saturated carbocycles. The number of anilines is 3. The molecule has 0 unspecified atom stereocenters. The van der Waals surface area contributed by atoms with Gasteiger partial charge in [0.1, 0.15) is 0 Å². The van der Waals surface area contributed by atoms with Gasteiger partial charge in [0.05, 0.1) is 20.4 Å². The maximum absolute atomic E-state index is 5.32. The van der Waals surface area contributed by atoms with Gasteiger partial charge in [-0.2, -0.15) is 10.1 Å². The van der Waals surface area contributed by atoms with E-state index in [0.717, 1.165) is 22.4 Å². The number of fused-ring (bicyclic) bond motifs is 1. The van der Waals surface area contributed by atoms with Crippen LogP contribution in [0.4, 0.5) is 17.3 Å². The molecule has 0 atom stereocenters. The first-order valence-electron chi connectivity index (χ1n) is 9.43. The summed E-state index contributed by atoms with van der Waals surface area (Å²) in [5.74, 6) is 2.07. The Balaban J connectivity index is 1.63. The third kappa shape index (κ3) is 4.22. The Labute approximate surface area is 178 Å². The van der Waals surface area contributed by atoms with Crippen molar-refractivity contribution < 1.29 is 14.1 Å². The number of rotatable bonds is 7. The number of hydrazone groups is 1. The zero-order valence-corrected chi connectivity index (χ0v) is 17.5. The third-order valence-corrected chi connectivity index (χ3v) is 4.76. The minimum absolute atomic E-state index is 0.273. The molecule has 0 radical (unpaired) electrons. The zero-order chi connectivity index (χ0) is 21.8. The molecule has 0 aliphatic rings. The number of nitrogens with one attached hydrogen (secondary N) is 2. The first-order chi connectivity index (χ1) is 15.1. The maximum atomic E-state index is 5.32. The summed E-state index contributed by atoms with van der Waals surface area (Å²) >= 11 is 0. The van der Waals surface area contributed by atoms with Gasteiger partial charge in [0, 0.05) is 5.69 Å². The molecule has 4 aromatic rings. The van der Waals surface area contributed by atoms with Gasteiger partial charge in [0.25, 0.3) is 0 Å². The van der Waals surface area contributed by atoms with Crippen LogP contribution in [0.15, 0.2) is 46.1 Å².